The molecule has 0 N–H and O–H groups in total. The first-order chi connectivity index (χ1) is 12.2. The number of hydrogen-bond acceptors (Lipinski definition) is 6. The van der Waals surface area contributed by atoms with Crippen LogP contribution in [0.2, 0.25) is 0 Å². The minimum absolute atomic E-state index is 0.00296. The average Bonchev–Trinajstić information content (AvgIpc) is 3.08. The first-order valence-corrected chi connectivity index (χ1v) is 8.37. The predicted molar refractivity (Wildman–Crippen MR) is 86.7 cm³/mol. The molecule has 4 heterocycles. The maximum Gasteiger partial charge on any atom is 0.289 e. The Hall–Kier alpha value is -2.48. The van der Waals surface area contributed by atoms with Gasteiger partial charge in [0.05, 0.1) is 31.4 Å². The van der Waals surface area contributed by atoms with E-state index in [0.717, 1.165) is 13.0 Å². The molecule has 2 saturated heterocycles. The minimum Gasteiger partial charge on any atom is -0.459 e. The number of carbonyl (C=O) groups is 1. The van der Waals surface area contributed by atoms with Crippen LogP contribution in [-0.4, -0.2) is 59.7 Å². The van der Waals surface area contributed by atoms with Crippen LogP contribution in [0.15, 0.2) is 35.2 Å². The van der Waals surface area contributed by atoms with Gasteiger partial charge in [0.1, 0.15) is 0 Å². The lowest BCUT2D eigenvalue weighted by molar-refractivity contribution is 0.0249. The summed E-state index contributed by atoms with van der Waals surface area (Å²) in [4.78, 5) is 24.4. The van der Waals surface area contributed by atoms with Crippen molar-refractivity contribution < 1.29 is 18.3 Å². The normalized spacial score (nSPS) is 23.9. The highest BCUT2D eigenvalue weighted by atomic mass is 19.1. The van der Waals surface area contributed by atoms with Crippen molar-refractivity contribution in [2.24, 2.45) is 5.92 Å². The second kappa shape index (κ2) is 6.79. The Balaban J connectivity index is 1.43. The summed E-state index contributed by atoms with van der Waals surface area (Å²) < 4.78 is 24.2. The molecular weight excluding hydrogens is 327 g/mol. The average molecular weight is 346 g/mol. The fourth-order valence-electron chi connectivity index (χ4n) is 3.44. The van der Waals surface area contributed by atoms with Crippen molar-refractivity contribution in [2.75, 3.05) is 37.7 Å². The number of halogens is 1. The number of aromatic nitrogens is 2. The molecule has 0 saturated carbocycles. The standard InChI is InChI=1S/C17H19FN4O3/c18-13-8-19-17(20-9-13)22-4-3-12-10-21(5-7-25-15(12)11-22)16(23)14-2-1-6-24-14/h1-2,6,8-9,12,15H,3-5,7,10-11H2/t12-,15-/m1/s1. The minimum atomic E-state index is -0.448. The smallest absolute Gasteiger partial charge is 0.289 e. The molecule has 0 bridgehead atoms. The molecule has 0 spiro atoms. The fraction of sp³-hybridized carbons (Fsp3) is 0.471. The highest BCUT2D eigenvalue weighted by Crippen LogP contribution is 2.26. The fourth-order valence-corrected chi connectivity index (χ4v) is 3.44. The summed E-state index contributed by atoms with van der Waals surface area (Å²) in [5.74, 6) is 0.569. The lowest BCUT2D eigenvalue weighted by Gasteiger charge is -2.37. The van der Waals surface area contributed by atoms with Crippen molar-refractivity contribution in [1.29, 1.82) is 0 Å². The summed E-state index contributed by atoms with van der Waals surface area (Å²) in [6.45, 7) is 3.05. The Morgan fingerprint density at radius 3 is 2.84 bits per heavy atom. The number of ether oxygens (including phenoxy) is 1. The number of amides is 1. The molecule has 4 rings (SSSR count). The zero-order valence-corrected chi connectivity index (χ0v) is 13.7. The van der Waals surface area contributed by atoms with Gasteiger partial charge in [-0.15, -0.1) is 0 Å². The van der Waals surface area contributed by atoms with E-state index in [0.29, 0.717) is 37.9 Å². The van der Waals surface area contributed by atoms with Crippen LogP contribution >= 0.6 is 0 Å². The monoisotopic (exact) mass is 346 g/mol. The second-order valence-corrected chi connectivity index (χ2v) is 6.33. The third-order valence-electron chi connectivity index (χ3n) is 4.75. The second-order valence-electron chi connectivity index (χ2n) is 6.33. The molecule has 2 atom stereocenters. The summed E-state index contributed by atoms with van der Waals surface area (Å²) in [5, 5.41) is 0. The van der Waals surface area contributed by atoms with Crippen LogP contribution in [-0.2, 0) is 4.74 Å². The molecule has 132 valence electrons. The van der Waals surface area contributed by atoms with E-state index in [1.54, 1.807) is 17.0 Å². The number of furan rings is 1. The zero-order valence-electron chi connectivity index (χ0n) is 13.7. The Morgan fingerprint density at radius 1 is 1.24 bits per heavy atom. The molecule has 2 aromatic heterocycles. The number of anilines is 1. The molecule has 2 aliphatic heterocycles. The van der Waals surface area contributed by atoms with Crippen molar-refractivity contribution >= 4 is 11.9 Å². The van der Waals surface area contributed by atoms with E-state index in [4.69, 9.17) is 9.15 Å². The third-order valence-corrected chi connectivity index (χ3v) is 4.75. The highest BCUT2D eigenvalue weighted by Gasteiger charge is 2.36. The third kappa shape index (κ3) is 3.34. The van der Waals surface area contributed by atoms with Gasteiger partial charge >= 0.3 is 0 Å². The van der Waals surface area contributed by atoms with Crippen molar-refractivity contribution in [2.45, 2.75) is 12.5 Å². The number of fused-ring (bicyclic) bond motifs is 1. The predicted octanol–water partition coefficient (Wildman–Crippen LogP) is 1.58. The lowest BCUT2D eigenvalue weighted by Crippen LogP contribution is -2.48. The van der Waals surface area contributed by atoms with Gasteiger partial charge < -0.3 is 19.0 Å². The first kappa shape index (κ1) is 16.0. The largest absolute Gasteiger partial charge is 0.459 e. The van der Waals surface area contributed by atoms with Gasteiger partial charge in [-0.2, -0.15) is 0 Å². The highest BCUT2D eigenvalue weighted by molar-refractivity contribution is 5.91. The molecule has 0 aliphatic carbocycles. The van der Waals surface area contributed by atoms with Crippen LogP contribution in [0.4, 0.5) is 10.3 Å². The molecule has 2 fully saturated rings. The Morgan fingerprint density at radius 2 is 2.08 bits per heavy atom. The van der Waals surface area contributed by atoms with E-state index in [2.05, 4.69) is 9.97 Å². The maximum atomic E-state index is 13.0. The molecule has 2 aliphatic rings. The van der Waals surface area contributed by atoms with E-state index in [-0.39, 0.29) is 17.9 Å². The van der Waals surface area contributed by atoms with Crippen LogP contribution in [0.3, 0.4) is 0 Å². The number of carbonyl (C=O) groups excluding carboxylic acids is 1. The van der Waals surface area contributed by atoms with Crippen molar-refractivity contribution in [1.82, 2.24) is 14.9 Å². The van der Waals surface area contributed by atoms with Crippen molar-refractivity contribution in [3.8, 4) is 0 Å². The van der Waals surface area contributed by atoms with Crippen LogP contribution in [0, 0.1) is 11.7 Å². The van der Waals surface area contributed by atoms with Gasteiger partial charge in [-0.3, -0.25) is 4.79 Å². The van der Waals surface area contributed by atoms with Gasteiger partial charge in [0.15, 0.2) is 11.6 Å². The molecule has 0 aromatic carbocycles. The molecule has 8 heteroatoms. The van der Waals surface area contributed by atoms with Crippen LogP contribution in [0.5, 0.6) is 0 Å². The zero-order chi connectivity index (χ0) is 17.2. The Kier molecular flexibility index (Phi) is 4.35. The van der Waals surface area contributed by atoms with Gasteiger partial charge in [0.2, 0.25) is 5.95 Å². The first-order valence-electron chi connectivity index (χ1n) is 8.37. The molecular formula is C17H19FN4O3. The van der Waals surface area contributed by atoms with E-state index in [1.807, 2.05) is 4.90 Å². The van der Waals surface area contributed by atoms with Gasteiger partial charge in [0, 0.05) is 32.1 Å². The number of nitrogens with zero attached hydrogens (tertiary/aromatic N) is 4. The maximum absolute atomic E-state index is 13.0. The van der Waals surface area contributed by atoms with E-state index in [9.17, 15) is 9.18 Å². The van der Waals surface area contributed by atoms with Gasteiger partial charge in [0.25, 0.3) is 5.91 Å². The number of hydrogen-bond donors (Lipinski definition) is 0. The van der Waals surface area contributed by atoms with Crippen molar-refractivity contribution in [3.63, 3.8) is 0 Å². The number of piperidine rings is 1. The van der Waals surface area contributed by atoms with E-state index in [1.165, 1.54) is 18.7 Å². The molecule has 2 aromatic rings. The SMILES string of the molecule is O=C(c1ccco1)N1CCO[C@@H]2CN(c3ncc(F)cn3)CC[C@@H]2C1. The van der Waals surface area contributed by atoms with Gasteiger partial charge in [-0.25, -0.2) is 14.4 Å². The molecule has 1 amide bonds. The molecule has 0 radical (unpaired) electrons. The summed E-state index contributed by atoms with van der Waals surface area (Å²) >= 11 is 0. The summed E-state index contributed by atoms with van der Waals surface area (Å²) in [7, 11) is 0. The molecule has 0 unspecified atom stereocenters. The molecule has 25 heavy (non-hydrogen) atoms. The topological polar surface area (TPSA) is 71.7 Å². The van der Waals surface area contributed by atoms with Gasteiger partial charge in [-0.1, -0.05) is 0 Å². The van der Waals surface area contributed by atoms with Crippen LogP contribution in [0.25, 0.3) is 0 Å². The van der Waals surface area contributed by atoms with Gasteiger partial charge in [-0.05, 0) is 18.6 Å². The summed E-state index contributed by atoms with van der Waals surface area (Å²) in [6, 6.07) is 3.39. The van der Waals surface area contributed by atoms with E-state index >= 15 is 0 Å². The summed E-state index contributed by atoms with van der Waals surface area (Å²) in [5.41, 5.74) is 0. The van der Waals surface area contributed by atoms with E-state index < -0.39 is 5.82 Å². The Labute approximate surface area is 144 Å². The van der Waals surface area contributed by atoms with Crippen LogP contribution in [0.1, 0.15) is 17.0 Å². The molecule has 7 nitrogen and oxygen atoms in total. The van der Waals surface area contributed by atoms with Crippen LogP contribution < -0.4 is 4.90 Å². The summed E-state index contributed by atoms with van der Waals surface area (Å²) in [6.07, 6.45) is 4.70. The number of rotatable bonds is 2. The quantitative estimate of drug-likeness (QED) is 0.822. The Bertz CT molecular complexity index is 722. The van der Waals surface area contributed by atoms with Crippen molar-refractivity contribution in [3.05, 3.63) is 42.4 Å². The lowest BCUT2D eigenvalue weighted by atomic mass is 9.93.